The molecule has 1 aromatic rings. The Morgan fingerprint density at radius 1 is 1.29 bits per heavy atom. The molecule has 2 unspecified atom stereocenters. The van der Waals surface area contributed by atoms with Crippen LogP contribution in [0.5, 0.6) is 0 Å². The van der Waals surface area contributed by atoms with Crippen molar-refractivity contribution in [1.82, 2.24) is 4.90 Å². The Balaban J connectivity index is 2.49. The van der Waals surface area contributed by atoms with E-state index in [0.717, 1.165) is 12.1 Å². The molecule has 0 aliphatic carbocycles. The second-order valence-electron chi connectivity index (χ2n) is 4.54. The summed E-state index contributed by atoms with van der Waals surface area (Å²) in [5, 5.41) is 19.2. The maximum absolute atomic E-state index is 10.1. The maximum atomic E-state index is 10.1. The van der Waals surface area contributed by atoms with Crippen molar-refractivity contribution in [3.8, 4) is 0 Å². The van der Waals surface area contributed by atoms with Gasteiger partial charge in [0.15, 0.2) is 0 Å². The van der Waals surface area contributed by atoms with Crippen LogP contribution in [0.1, 0.15) is 25.0 Å². The van der Waals surface area contributed by atoms with Gasteiger partial charge in [0.2, 0.25) is 0 Å². The first kappa shape index (κ1) is 14.0. The van der Waals surface area contributed by atoms with Gasteiger partial charge < -0.3 is 20.8 Å². The first-order chi connectivity index (χ1) is 8.00. The van der Waals surface area contributed by atoms with E-state index in [1.54, 1.807) is 13.0 Å². The fraction of sp³-hybridized carbons (Fsp3) is 0.538. The van der Waals surface area contributed by atoms with E-state index < -0.39 is 6.10 Å². The summed E-state index contributed by atoms with van der Waals surface area (Å²) in [4.78, 5) is 1.99. The second-order valence-corrected chi connectivity index (χ2v) is 4.54. The fourth-order valence-corrected chi connectivity index (χ4v) is 1.71. The number of hydrogen-bond donors (Lipinski definition) is 3. The SMILES string of the molecule is CC(O)CCN(C)CC(O)c1ccccc1N. The minimum Gasteiger partial charge on any atom is -0.398 e. The average Bonchev–Trinajstić information content (AvgIpc) is 2.26. The number of aliphatic hydroxyl groups excluding tert-OH is 2. The summed E-state index contributed by atoms with van der Waals surface area (Å²) in [5.41, 5.74) is 7.18. The van der Waals surface area contributed by atoms with Crippen LogP contribution < -0.4 is 5.73 Å². The third-order valence-electron chi connectivity index (χ3n) is 2.77. The molecular weight excluding hydrogens is 216 g/mol. The monoisotopic (exact) mass is 238 g/mol. The van der Waals surface area contributed by atoms with Crippen LogP contribution in [0.15, 0.2) is 24.3 Å². The first-order valence-electron chi connectivity index (χ1n) is 5.89. The molecule has 0 saturated carbocycles. The number of rotatable bonds is 6. The molecule has 0 heterocycles. The number of aliphatic hydroxyl groups is 2. The molecule has 0 aliphatic rings. The highest BCUT2D eigenvalue weighted by Crippen LogP contribution is 2.20. The molecule has 0 amide bonds. The number of benzene rings is 1. The standard InChI is InChI=1S/C13H22N2O2/c1-10(16)7-8-15(2)9-13(17)11-5-3-4-6-12(11)14/h3-6,10,13,16-17H,7-9,14H2,1-2H3. The molecule has 0 saturated heterocycles. The van der Waals surface area contributed by atoms with Gasteiger partial charge in [-0.05, 0) is 26.5 Å². The van der Waals surface area contributed by atoms with Gasteiger partial charge in [0.05, 0.1) is 12.2 Å². The Kier molecular flexibility index (Phi) is 5.41. The number of anilines is 1. The highest BCUT2D eigenvalue weighted by atomic mass is 16.3. The zero-order valence-corrected chi connectivity index (χ0v) is 10.5. The molecule has 4 heteroatoms. The van der Waals surface area contributed by atoms with Crippen LogP contribution in [0.3, 0.4) is 0 Å². The van der Waals surface area contributed by atoms with E-state index in [4.69, 9.17) is 5.73 Å². The van der Waals surface area contributed by atoms with Crippen LogP contribution in [0.25, 0.3) is 0 Å². The van der Waals surface area contributed by atoms with Crippen molar-refractivity contribution < 1.29 is 10.2 Å². The Bertz CT molecular complexity index is 342. The van der Waals surface area contributed by atoms with Gasteiger partial charge in [-0.15, -0.1) is 0 Å². The summed E-state index contributed by atoms with van der Waals surface area (Å²) in [5.74, 6) is 0. The van der Waals surface area contributed by atoms with Crippen LogP contribution in [-0.4, -0.2) is 41.4 Å². The van der Waals surface area contributed by atoms with E-state index in [2.05, 4.69) is 0 Å². The zero-order valence-electron chi connectivity index (χ0n) is 10.5. The lowest BCUT2D eigenvalue weighted by atomic mass is 10.1. The third-order valence-corrected chi connectivity index (χ3v) is 2.77. The third kappa shape index (κ3) is 4.73. The van der Waals surface area contributed by atoms with Crippen LogP contribution in [0, 0.1) is 0 Å². The molecular formula is C13H22N2O2. The Labute approximate surface area is 103 Å². The fourth-order valence-electron chi connectivity index (χ4n) is 1.71. The number of likely N-dealkylation sites (N-methyl/N-ethyl adjacent to an activating group) is 1. The van der Waals surface area contributed by atoms with Crippen molar-refractivity contribution in [2.75, 3.05) is 25.9 Å². The molecule has 96 valence electrons. The van der Waals surface area contributed by atoms with Gasteiger partial charge in [-0.3, -0.25) is 0 Å². The summed E-state index contributed by atoms with van der Waals surface area (Å²) >= 11 is 0. The van der Waals surface area contributed by atoms with Crippen LogP contribution >= 0.6 is 0 Å². The molecule has 0 aromatic heterocycles. The van der Waals surface area contributed by atoms with Crippen LogP contribution in [0.4, 0.5) is 5.69 Å². The van der Waals surface area contributed by atoms with E-state index in [-0.39, 0.29) is 6.10 Å². The summed E-state index contributed by atoms with van der Waals surface area (Å²) in [6, 6.07) is 7.34. The Hall–Kier alpha value is -1.10. The molecule has 4 N–H and O–H groups in total. The maximum Gasteiger partial charge on any atom is 0.0936 e. The van der Waals surface area contributed by atoms with Gasteiger partial charge in [0.1, 0.15) is 0 Å². The van der Waals surface area contributed by atoms with E-state index in [1.165, 1.54) is 0 Å². The Morgan fingerprint density at radius 3 is 2.53 bits per heavy atom. The van der Waals surface area contributed by atoms with Crippen molar-refractivity contribution in [2.24, 2.45) is 0 Å². The number of nitrogens with zero attached hydrogens (tertiary/aromatic N) is 1. The smallest absolute Gasteiger partial charge is 0.0936 e. The highest BCUT2D eigenvalue weighted by Gasteiger charge is 2.13. The molecule has 2 atom stereocenters. The lowest BCUT2D eigenvalue weighted by Gasteiger charge is -2.22. The number of hydrogen-bond acceptors (Lipinski definition) is 4. The first-order valence-corrected chi connectivity index (χ1v) is 5.89. The van der Waals surface area contributed by atoms with Crippen molar-refractivity contribution >= 4 is 5.69 Å². The number of nitrogen functional groups attached to an aromatic ring is 1. The molecule has 4 nitrogen and oxygen atoms in total. The summed E-state index contributed by atoms with van der Waals surface area (Å²) in [6.45, 7) is 3.03. The molecule has 0 spiro atoms. The van der Waals surface area contributed by atoms with Crippen molar-refractivity contribution in [1.29, 1.82) is 0 Å². The van der Waals surface area contributed by atoms with Gasteiger partial charge in [-0.25, -0.2) is 0 Å². The van der Waals surface area contributed by atoms with Gasteiger partial charge >= 0.3 is 0 Å². The summed E-state index contributed by atoms with van der Waals surface area (Å²) in [7, 11) is 1.92. The van der Waals surface area contributed by atoms with Gasteiger partial charge in [-0.1, -0.05) is 18.2 Å². The van der Waals surface area contributed by atoms with Crippen molar-refractivity contribution in [3.63, 3.8) is 0 Å². The van der Waals surface area contributed by atoms with Crippen LogP contribution in [-0.2, 0) is 0 Å². The Morgan fingerprint density at radius 2 is 1.94 bits per heavy atom. The normalized spacial score (nSPS) is 14.9. The number of para-hydroxylation sites is 1. The molecule has 17 heavy (non-hydrogen) atoms. The molecule has 1 rings (SSSR count). The summed E-state index contributed by atoms with van der Waals surface area (Å²) in [6.07, 6.45) is -0.195. The molecule has 1 aromatic carbocycles. The lowest BCUT2D eigenvalue weighted by molar-refractivity contribution is 0.112. The van der Waals surface area contributed by atoms with E-state index >= 15 is 0 Å². The second kappa shape index (κ2) is 6.59. The molecule has 0 aliphatic heterocycles. The van der Waals surface area contributed by atoms with Crippen molar-refractivity contribution in [3.05, 3.63) is 29.8 Å². The molecule has 0 fully saturated rings. The minimum atomic E-state index is -0.588. The highest BCUT2D eigenvalue weighted by molar-refractivity contribution is 5.47. The molecule has 0 bridgehead atoms. The largest absolute Gasteiger partial charge is 0.398 e. The van der Waals surface area contributed by atoms with E-state index in [0.29, 0.717) is 18.7 Å². The quantitative estimate of drug-likeness (QED) is 0.647. The summed E-state index contributed by atoms with van der Waals surface area (Å²) < 4.78 is 0. The minimum absolute atomic E-state index is 0.309. The zero-order chi connectivity index (χ0) is 12.8. The van der Waals surface area contributed by atoms with Gasteiger partial charge in [-0.2, -0.15) is 0 Å². The van der Waals surface area contributed by atoms with Crippen LogP contribution in [0.2, 0.25) is 0 Å². The predicted molar refractivity (Wildman–Crippen MR) is 69.6 cm³/mol. The predicted octanol–water partition coefficient (Wildman–Crippen LogP) is 1.00. The average molecular weight is 238 g/mol. The molecule has 0 radical (unpaired) electrons. The van der Waals surface area contributed by atoms with Crippen molar-refractivity contribution in [2.45, 2.75) is 25.6 Å². The lowest BCUT2D eigenvalue weighted by Crippen LogP contribution is -2.27. The van der Waals surface area contributed by atoms with E-state index in [9.17, 15) is 10.2 Å². The number of nitrogens with two attached hydrogens (primary N) is 1. The topological polar surface area (TPSA) is 69.7 Å². The van der Waals surface area contributed by atoms with Gasteiger partial charge in [0, 0.05) is 24.3 Å². The van der Waals surface area contributed by atoms with E-state index in [1.807, 2.05) is 30.1 Å². The van der Waals surface area contributed by atoms with Gasteiger partial charge in [0.25, 0.3) is 0 Å².